The normalized spacial score (nSPS) is 21.8. The largest absolute Gasteiger partial charge is 0.393 e. The molecule has 1 atom stereocenters. The molecule has 5 nitrogen and oxygen atoms in total. The predicted octanol–water partition coefficient (Wildman–Crippen LogP) is 3.32. The number of hydrogen-bond donors (Lipinski definition) is 2. The van der Waals surface area contributed by atoms with Crippen molar-refractivity contribution in [3.05, 3.63) is 47.1 Å². The number of aliphatic hydroxyl groups excluding tert-OH is 1. The fraction of sp³-hybridized carbons (Fsp3) is 0.353. The van der Waals surface area contributed by atoms with Gasteiger partial charge < -0.3 is 10.4 Å². The molecule has 1 aliphatic rings. The van der Waals surface area contributed by atoms with E-state index < -0.39 is 0 Å². The summed E-state index contributed by atoms with van der Waals surface area (Å²) in [5.41, 5.74) is 2.13. The Morgan fingerprint density at radius 1 is 1.26 bits per heavy atom. The number of anilines is 1. The van der Waals surface area contributed by atoms with Gasteiger partial charge in [0.15, 0.2) is 0 Å². The Morgan fingerprint density at radius 2 is 2.09 bits per heavy atom. The molecule has 1 aliphatic carbocycles. The van der Waals surface area contributed by atoms with E-state index in [0.29, 0.717) is 5.92 Å². The second-order valence-corrected chi connectivity index (χ2v) is 7.28. The van der Waals surface area contributed by atoms with Crippen molar-refractivity contribution in [2.24, 2.45) is 5.92 Å². The number of benzene rings is 1. The lowest BCUT2D eigenvalue weighted by Gasteiger charge is -2.38. The van der Waals surface area contributed by atoms with Crippen molar-refractivity contribution < 1.29 is 5.11 Å². The lowest BCUT2D eigenvalue weighted by Crippen LogP contribution is -2.36. The van der Waals surface area contributed by atoms with Crippen molar-refractivity contribution in [3.8, 4) is 0 Å². The van der Waals surface area contributed by atoms with E-state index in [-0.39, 0.29) is 12.1 Å². The van der Waals surface area contributed by atoms with Crippen LogP contribution in [0.3, 0.4) is 0 Å². The first-order chi connectivity index (χ1) is 11.2. The third-order valence-corrected chi connectivity index (χ3v) is 5.17. The van der Waals surface area contributed by atoms with Gasteiger partial charge in [-0.25, -0.2) is 0 Å². The van der Waals surface area contributed by atoms with E-state index in [0.717, 1.165) is 39.4 Å². The van der Waals surface area contributed by atoms with Gasteiger partial charge >= 0.3 is 0 Å². The monoisotopic (exact) mass is 326 g/mol. The molecule has 3 aromatic rings. The number of aryl methyl sites for hydroxylation is 1. The van der Waals surface area contributed by atoms with Crippen LogP contribution in [0.4, 0.5) is 5.13 Å². The number of rotatable bonds is 4. The van der Waals surface area contributed by atoms with Crippen molar-refractivity contribution in [1.29, 1.82) is 0 Å². The van der Waals surface area contributed by atoms with Gasteiger partial charge in [-0.1, -0.05) is 29.5 Å². The van der Waals surface area contributed by atoms with E-state index in [4.69, 9.17) is 0 Å². The molecule has 0 amide bonds. The maximum absolute atomic E-state index is 9.69. The second-order valence-electron chi connectivity index (χ2n) is 6.09. The molecule has 0 spiro atoms. The molecule has 23 heavy (non-hydrogen) atoms. The van der Waals surface area contributed by atoms with Gasteiger partial charge in [0.05, 0.1) is 17.7 Å². The zero-order valence-corrected chi connectivity index (χ0v) is 13.6. The first-order valence-electron chi connectivity index (χ1n) is 7.78. The summed E-state index contributed by atoms with van der Waals surface area (Å²) < 4.78 is 0. The maximum Gasteiger partial charge on any atom is 0.206 e. The Labute approximate surface area is 138 Å². The predicted molar refractivity (Wildman–Crippen MR) is 91.5 cm³/mol. The van der Waals surface area contributed by atoms with E-state index in [9.17, 15) is 5.11 Å². The van der Waals surface area contributed by atoms with Gasteiger partial charge in [0, 0.05) is 11.6 Å². The number of aliphatic hydroxyl groups is 1. The molecule has 0 radical (unpaired) electrons. The third kappa shape index (κ3) is 2.92. The summed E-state index contributed by atoms with van der Waals surface area (Å²) in [5.74, 6) is 0.386. The van der Waals surface area contributed by atoms with E-state index >= 15 is 0 Å². The van der Waals surface area contributed by atoms with Gasteiger partial charge in [-0.05, 0) is 43.4 Å². The number of fused-ring (bicyclic) bond motifs is 1. The summed E-state index contributed by atoms with van der Waals surface area (Å²) >= 11 is 1.55. The van der Waals surface area contributed by atoms with Gasteiger partial charge in [0.1, 0.15) is 5.01 Å². The fourth-order valence-electron chi connectivity index (χ4n) is 3.12. The highest BCUT2D eigenvalue weighted by Crippen LogP contribution is 2.40. The van der Waals surface area contributed by atoms with Crippen molar-refractivity contribution in [2.45, 2.75) is 31.9 Å². The van der Waals surface area contributed by atoms with Gasteiger partial charge in [-0.2, -0.15) is 0 Å². The average Bonchev–Trinajstić information content (AvgIpc) is 2.95. The molecule has 1 unspecified atom stereocenters. The van der Waals surface area contributed by atoms with Crippen molar-refractivity contribution in [2.75, 3.05) is 5.32 Å². The minimum Gasteiger partial charge on any atom is -0.393 e. The standard InChI is InChI=1S/C17H18N4OS/c1-10-20-21-17(23-10)19-16(12-7-14(22)8-12)13-6-11-4-2-3-5-15(11)18-9-13/h2-6,9,12,14,16,22H,7-8H2,1H3,(H,19,21). The van der Waals surface area contributed by atoms with Crippen LogP contribution in [0.15, 0.2) is 36.5 Å². The first-order valence-corrected chi connectivity index (χ1v) is 8.60. The molecule has 0 bridgehead atoms. The minimum absolute atomic E-state index is 0.0999. The second kappa shape index (κ2) is 5.86. The lowest BCUT2D eigenvalue weighted by atomic mass is 9.75. The number of nitrogens with zero attached hydrogens (tertiary/aromatic N) is 3. The molecule has 4 rings (SSSR count). The molecule has 118 valence electrons. The molecule has 2 heterocycles. The molecule has 1 fully saturated rings. The third-order valence-electron chi connectivity index (χ3n) is 4.40. The molecule has 2 aromatic heterocycles. The molecule has 0 saturated heterocycles. The molecule has 1 aromatic carbocycles. The smallest absolute Gasteiger partial charge is 0.206 e. The fourth-order valence-corrected chi connectivity index (χ4v) is 3.75. The Morgan fingerprint density at radius 3 is 2.83 bits per heavy atom. The topological polar surface area (TPSA) is 70.9 Å². The van der Waals surface area contributed by atoms with Crippen LogP contribution in [0.2, 0.25) is 0 Å². The Balaban J connectivity index is 1.67. The van der Waals surface area contributed by atoms with Crippen molar-refractivity contribution >= 4 is 27.4 Å². The van der Waals surface area contributed by atoms with E-state index in [2.05, 4.69) is 32.6 Å². The van der Waals surface area contributed by atoms with E-state index in [1.54, 1.807) is 11.3 Å². The molecular formula is C17H18N4OS. The highest BCUT2D eigenvalue weighted by molar-refractivity contribution is 7.15. The van der Waals surface area contributed by atoms with Crippen LogP contribution in [-0.4, -0.2) is 26.4 Å². The summed E-state index contributed by atoms with van der Waals surface area (Å²) in [6, 6.07) is 10.4. The van der Waals surface area contributed by atoms with Crippen LogP contribution >= 0.6 is 11.3 Å². The summed E-state index contributed by atoms with van der Waals surface area (Å²) in [6.07, 6.45) is 3.36. The lowest BCUT2D eigenvalue weighted by molar-refractivity contribution is 0.0339. The van der Waals surface area contributed by atoms with E-state index in [1.165, 1.54) is 0 Å². The van der Waals surface area contributed by atoms with Crippen LogP contribution in [0, 0.1) is 12.8 Å². The summed E-state index contributed by atoms with van der Waals surface area (Å²) in [5, 5.41) is 24.3. The van der Waals surface area contributed by atoms with Crippen LogP contribution in [0.1, 0.15) is 29.5 Å². The zero-order valence-electron chi connectivity index (χ0n) is 12.8. The van der Waals surface area contributed by atoms with Crippen LogP contribution in [0.5, 0.6) is 0 Å². The van der Waals surface area contributed by atoms with Crippen molar-refractivity contribution in [1.82, 2.24) is 15.2 Å². The summed E-state index contributed by atoms with van der Waals surface area (Å²) in [6.45, 7) is 1.95. The Kier molecular flexibility index (Phi) is 3.71. The van der Waals surface area contributed by atoms with Gasteiger partial charge in [-0.15, -0.1) is 10.2 Å². The SMILES string of the molecule is Cc1nnc(NC(c2cnc3ccccc3c2)C2CC(O)C2)s1. The highest BCUT2D eigenvalue weighted by atomic mass is 32.1. The van der Waals surface area contributed by atoms with Gasteiger partial charge in [0.25, 0.3) is 0 Å². The van der Waals surface area contributed by atoms with Gasteiger partial charge in [0.2, 0.25) is 5.13 Å². The number of pyridine rings is 1. The molecule has 2 N–H and O–H groups in total. The highest BCUT2D eigenvalue weighted by Gasteiger charge is 2.35. The number of nitrogens with one attached hydrogen (secondary N) is 1. The number of hydrogen-bond acceptors (Lipinski definition) is 6. The molecule has 1 saturated carbocycles. The first kappa shape index (κ1) is 14.5. The molecular weight excluding hydrogens is 308 g/mol. The summed E-state index contributed by atoms with van der Waals surface area (Å²) in [7, 11) is 0. The maximum atomic E-state index is 9.69. The number of aromatic nitrogens is 3. The quantitative estimate of drug-likeness (QED) is 0.769. The molecule has 6 heteroatoms. The van der Waals surface area contributed by atoms with E-state index in [1.807, 2.05) is 31.3 Å². The van der Waals surface area contributed by atoms with Crippen LogP contribution < -0.4 is 5.32 Å². The van der Waals surface area contributed by atoms with Crippen LogP contribution in [-0.2, 0) is 0 Å². The van der Waals surface area contributed by atoms with Crippen molar-refractivity contribution in [3.63, 3.8) is 0 Å². The van der Waals surface area contributed by atoms with Crippen LogP contribution in [0.25, 0.3) is 10.9 Å². The zero-order chi connectivity index (χ0) is 15.8. The number of para-hydroxylation sites is 1. The Bertz CT molecular complexity index is 828. The Hall–Kier alpha value is -2.05. The summed E-state index contributed by atoms with van der Waals surface area (Å²) in [4.78, 5) is 4.57. The molecule has 0 aliphatic heterocycles. The minimum atomic E-state index is -0.186. The average molecular weight is 326 g/mol. The van der Waals surface area contributed by atoms with Gasteiger partial charge in [-0.3, -0.25) is 4.98 Å².